The van der Waals surface area contributed by atoms with Crippen molar-refractivity contribution in [3.63, 3.8) is 0 Å². The largest absolute Gasteiger partial charge is 0.449 e. The molecule has 2 fully saturated rings. The Balaban J connectivity index is 1.29. The van der Waals surface area contributed by atoms with Crippen LogP contribution in [0.1, 0.15) is 18.4 Å². The molecule has 4 nitrogen and oxygen atoms in total. The lowest BCUT2D eigenvalue weighted by atomic mass is 9.89. The maximum atomic E-state index is 13.5. The molecule has 30 heavy (non-hydrogen) atoms. The summed E-state index contributed by atoms with van der Waals surface area (Å²) in [5.74, 6) is 0.534. The highest BCUT2D eigenvalue weighted by Crippen LogP contribution is 2.28. The average Bonchev–Trinajstić information content (AvgIpc) is 2.74. The molecule has 2 aliphatic rings. The van der Waals surface area contributed by atoms with Crippen molar-refractivity contribution in [3.05, 3.63) is 63.9 Å². The Morgan fingerprint density at radius 3 is 2.50 bits per heavy atom. The summed E-state index contributed by atoms with van der Waals surface area (Å²) in [6.07, 6.45) is 2.62. The predicted molar refractivity (Wildman–Crippen MR) is 118 cm³/mol. The van der Waals surface area contributed by atoms with E-state index in [2.05, 4.69) is 4.90 Å². The van der Waals surface area contributed by atoms with Crippen LogP contribution in [-0.4, -0.2) is 43.8 Å². The first kappa shape index (κ1) is 21.4. The molecule has 1 atom stereocenters. The lowest BCUT2D eigenvalue weighted by Crippen LogP contribution is -2.48. The molecule has 2 aromatic carbocycles. The molecule has 1 amide bonds. The summed E-state index contributed by atoms with van der Waals surface area (Å²) in [7, 11) is 0. The van der Waals surface area contributed by atoms with Gasteiger partial charge in [-0.1, -0.05) is 23.2 Å². The molecule has 0 bridgehead atoms. The Hall–Kier alpha value is -1.82. The van der Waals surface area contributed by atoms with Gasteiger partial charge in [0.1, 0.15) is 5.82 Å². The first-order valence-electron chi connectivity index (χ1n) is 10.3. The third-order valence-electron chi connectivity index (χ3n) is 5.98. The predicted octanol–water partition coefficient (Wildman–Crippen LogP) is 5.66. The average molecular weight is 451 g/mol. The maximum absolute atomic E-state index is 13.5. The number of carbonyl (C=O) groups excluding carboxylic acids is 1. The van der Waals surface area contributed by atoms with Gasteiger partial charge in [-0.3, -0.25) is 4.90 Å². The van der Waals surface area contributed by atoms with E-state index in [1.165, 1.54) is 6.07 Å². The lowest BCUT2D eigenvalue weighted by molar-refractivity contribution is 0.0870. The molecule has 0 aromatic heterocycles. The quantitative estimate of drug-likeness (QED) is 0.588. The molecule has 0 aliphatic carbocycles. The number of nitrogens with zero attached hydrogens (tertiary/aromatic N) is 2. The van der Waals surface area contributed by atoms with Gasteiger partial charge in [0.25, 0.3) is 0 Å². The highest BCUT2D eigenvalue weighted by molar-refractivity contribution is 6.31. The number of rotatable bonds is 5. The van der Waals surface area contributed by atoms with Gasteiger partial charge in [-0.25, -0.2) is 9.18 Å². The Kier molecular flexibility index (Phi) is 6.81. The molecule has 2 aliphatic heterocycles. The number of benzene rings is 2. The summed E-state index contributed by atoms with van der Waals surface area (Å²) in [5, 5.41) is 1.29. The number of ether oxygens (including phenoxy) is 1. The third-order valence-corrected chi connectivity index (χ3v) is 6.60. The Bertz CT molecular complexity index is 885. The first-order valence-corrected chi connectivity index (χ1v) is 11.1. The molecule has 0 spiro atoms. The monoisotopic (exact) mass is 450 g/mol. The van der Waals surface area contributed by atoms with Crippen molar-refractivity contribution in [3.8, 4) is 0 Å². The Morgan fingerprint density at radius 1 is 1.03 bits per heavy atom. The number of likely N-dealkylation sites (tertiary alicyclic amines) is 1. The molecule has 0 N–H and O–H groups in total. The molecule has 0 saturated carbocycles. The van der Waals surface area contributed by atoms with Gasteiger partial charge in [-0.15, -0.1) is 0 Å². The summed E-state index contributed by atoms with van der Waals surface area (Å²) in [6.45, 7) is 3.96. The van der Waals surface area contributed by atoms with E-state index in [9.17, 15) is 9.18 Å². The van der Waals surface area contributed by atoms with E-state index in [0.29, 0.717) is 29.1 Å². The molecule has 2 saturated heterocycles. The molecule has 7 heteroatoms. The van der Waals surface area contributed by atoms with Crippen LogP contribution in [-0.2, 0) is 11.2 Å². The summed E-state index contributed by atoms with van der Waals surface area (Å²) in [4.78, 5) is 16.3. The van der Waals surface area contributed by atoms with Crippen LogP contribution < -0.4 is 4.90 Å². The third kappa shape index (κ3) is 5.26. The van der Waals surface area contributed by atoms with Crippen LogP contribution in [0.3, 0.4) is 0 Å². The number of piperidine rings is 1. The molecule has 160 valence electrons. The van der Waals surface area contributed by atoms with Gasteiger partial charge in [-0.2, -0.15) is 0 Å². The molecular weight excluding hydrogens is 426 g/mol. The second-order valence-corrected chi connectivity index (χ2v) is 9.06. The number of halogens is 3. The van der Waals surface area contributed by atoms with Crippen LogP contribution in [0.5, 0.6) is 0 Å². The summed E-state index contributed by atoms with van der Waals surface area (Å²) in [6, 6.07) is 11.8. The normalized spacial score (nSPS) is 21.0. The summed E-state index contributed by atoms with van der Waals surface area (Å²) in [5.41, 5.74) is 1.70. The number of hydrogen-bond acceptors (Lipinski definition) is 3. The minimum atomic E-state index is -0.306. The first-order chi connectivity index (χ1) is 14.5. The Morgan fingerprint density at radius 2 is 1.77 bits per heavy atom. The number of anilines is 1. The van der Waals surface area contributed by atoms with Gasteiger partial charge in [0.05, 0.1) is 6.61 Å². The second-order valence-electron chi connectivity index (χ2n) is 8.21. The van der Waals surface area contributed by atoms with Crippen molar-refractivity contribution >= 4 is 35.0 Å². The number of cyclic esters (lactones) is 1. The highest BCUT2D eigenvalue weighted by atomic mass is 35.5. The van der Waals surface area contributed by atoms with E-state index in [-0.39, 0.29) is 17.8 Å². The number of amides is 1. The van der Waals surface area contributed by atoms with Crippen LogP contribution in [0.25, 0.3) is 0 Å². The van der Waals surface area contributed by atoms with E-state index >= 15 is 0 Å². The van der Waals surface area contributed by atoms with E-state index in [4.69, 9.17) is 27.9 Å². The van der Waals surface area contributed by atoms with Gasteiger partial charge < -0.3 is 9.64 Å². The van der Waals surface area contributed by atoms with Gasteiger partial charge in [0, 0.05) is 34.7 Å². The van der Waals surface area contributed by atoms with Crippen LogP contribution >= 0.6 is 23.2 Å². The fraction of sp³-hybridized carbons (Fsp3) is 0.435. The fourth-order valence-corrected chi connectivity index (χ4v) is 4.66. The fourth-order valence-electron chi connectivity index (χ4n) is 4.34. The van der Waals surface area contributed by atoms with E-state index in [1.54, 1.807) is 29.2 Å². The molecule has 1 unspecified atom stereocenters. The van der Waals surface area contributed by atoms with Crippen molar-refractivity contribution in [1.29, 1.82) is 0 Å². The summed E-state index contributed by atoms with van der Waals surface area (Å²) >= 11 is 12.2. The second kappa shape index (κ2) is 9.54. The van der Waals surface area contributed by atoms with Gasteiger partial charge >= 0.3 is 6.09 Å². The van der Waals surface area contributed by atoms with Crippen molar-refractivity contribution in [2.75, 3.05) is 37.7 Å². The van der Waals surface area contributed by atoms with Crippen molar-refractivity contribution in [1.82, 2.24) is 4.90 Å². The van der Waals surface area contributed by atoms with Gasteiger partial charge in [0.15, 0.2) is 0 Å². The Labute approximate surface area is 186 Å². The lowest BCUT2D eigenvalue weighted by Gasteiger charge is -2.38. The molecular formula is C23H25Cl2FN2O2. The standard InChI is InChI=1S/C23H25Cl2FN2O2/c24-19-1-4-21(5-2-19)28-14-17(15-30-23(28)29)13-27-9-7-16(8-10-27)11-18-12-20(26)3-6-22(18)25/h1-6,12,16-17H,7-11,13-15H2. The van der Waals surface area contributed by atoms with Crippen LogP contribution in [0.15, 0.2) is 42.5 Å². The zero-order chi connectivity index (χ0) is 21.1. The van der Waals surface area contributed by atoms with Crippen LogP contribution in [0.2, 0.25) is 10.0 Å². The SMILES string of the molecule is O=C1OCC(CN2CCC(Cc3cc(F)ccc3Cl)CC2)CN1c1ccc(Cl)cc1. The van der Waals surface area contributed by atoms with Gasteiger partial charge in [-0.05, 0) is 86.3 Å². The topological polar surface area (TPSA) is 32.8 Å². The van der Waals surface area contributed by atoms with Crippen LogP contribution in [0.4, 0.5) is 14.9 Å². The number of hydrogen-bond donors (Lipinski definition) is 0. The zero-order valence-corrected chi connectivity index (χ0v) is 18.2. The van der Waals surface area contributed by atoms with E-state index < -0.39 is 0 Å². The van der Waals surface area contributed by atoms with E-state index in [0.717, 1.165) is 50.1 Å². The van der Waals surface area contributed by atoms with E-state index in [1.807, 2.05) is 12.1 Å². The molecule has 4 rings (SSSR count). The van der Waals surface area contributed by atoms with Crippen LogP contribution in [0, 0.1) is 17.7 Å². The minimum absolute atomic E-state index is 0.232. The molecule has 2 aromatic rings. The smallest absolute Gasteiger partial charge is 0.414 e. The highest BCUT2D eigenvalue weighted by Gasteiger charge is 2.30. The summed E-state index contributed by atoms with van der Waals surface area (Å²) < 4.78 is 18.9. The number of carbonyl (C=O) groups is 1. The zero-order valence-electron chi connectivity index (χ0n) is 16.7. The maximum Gasteiger partial charge on any atom is 0.414 e. The molecule has 2 heterocycles. The minimum Gasteiger partial charge on any atom is -0.449 e. The van der Waals surface area contributed by atoms with Crippen molar-refractivity contribution < 1.29 is 13.9 Å². The van der Waals surface area contributed by atoms with Gasteiger partial charge in [0.2, 0.25) is 0 Å². The van der Waals surface area contributed by atoms with Crippen molar-refractivity contribution in [2.24, 2.45) is 11.8 Å². The molecule has 0 radical (unpaired) electrons. The van der Waals surface area contributed by atoms with Crippen molar-refractivity contribution in [2.45, 2.75) is 19.3 Å².